The van der Waals surface area contributed by atoms with Crippen LogP contribution in [-0.2, 0) is 14.8 Å². The van der Waals surface area contributed by atoms with Crippen molar-refractivity contribution in [2.45, 2.75) is 32.6 Å². The first-order valence-electron chi connectivity index (χ1n) is 12.4. The molecular weight excluding hydrogens is 480 g/mol. The van der Waals surface area contributed by atoms with Crippen LogP contribution in [0.4, 0.5) is 23.1 Å². The van der Waals surface area contributed by atoms with Gasteiger partial charge in [-0.05, 0) is 56.7 Å². The van der Waals surface area contributed by atoms with Crippen LogP contribution in [0.1, 0.15) is 41.7 Å². The standard InChI is InChI=1S/C25H32N6O4S/c1-18-15-23-28-24(32)21-7-6-20(31-13-14-35-17-36(31,33)34)16-22(21)30-11-8-19(9-12-30)5-3-2-4-10-26-25(27-18)29-23/h2-3,6-7,15-16,19H,4-5,8-14,17H2,1H3,(H2,26,27,28,29,32)/b3-2+. The smallest absolute Gasteiger partial charge is 0.259 e. The second-order valence-electron chi connectivity index (χ2n) is 9.44. The summed E-state index contributed by atoms with van der Waals surface area (Å²) in [6.45, 7) is 4.75. The summed E-state index contributed by atoms with van der Waals surface area (Å²) < 4.78 is 31.8. The van der Waals surface area contributed by atoms with Crippen LogP contribution in [0.2, 0.25) is 0 Å². The predicted octanol–water partition coefficient (Wildman–Crippen LogP) is 3.14. The lowest BCUT2D eigenvalue weighted by molar-refractivity contribution is 0.102. The number of anilines is 4. The average molecular weight is 513 g/mol. The molecule has 36 heavy (non-hydrogen) atoms. The number of sulfonamides is 1. The molecule has 2 aromatic rings. The second kappa shape index (κ2) is 10.4. The molecule has 2 saturated heterocycles. The number of benzene rings is 1. The molecule has 4 aliphatic rings. The Kier molecular flexibility index (Phi) is 7.10. The van der Waals surface area contributed by atoms with E-state index in [0.29, 0.717) is 42.1 Å². The van der Waals surface area contributed by atoms with E-state index in [4.69, 9.17) is 4.74 Å². The van der Waals surface area contributed by atoms with Gasteiger partial charge in [-0.3, -0.25) is 9.10 Å². The monoisotopic (exact) mass is 512 g/mol. The first-order valence-corrected chi connectivity index (χ1v) is 14.0. The molecule has 1 aromatic carbocycles. The number of ether oxygens (including phenoxy) is 1. The molecule has 1 amide bonds. The maximum atomic E-state index is 13.5. The van der Waals surface area contributed by atoms with Gasteiger partial charge in [-0.25, -0.2) is 13.4 Å². The molecule has 0 saturated carbocycles. The Bertz CT molecular complexity index is 1260. The van der Waals surface area contributed by atoms with Crippen LogP contribution in [-0.4, -0.2) is 63.0 Å². The molecule has 0 aliphatic carbocycles. The van der Waals surface area contributed by atoms with E-state index in [1.807, 2.05) is 13.0 Å². The number of aryl methyl sites for hydroxylation is 1. The highest BCUT2D eigenvalue weighted by atomic mass is 32.2. The second-order valence-corrected chi connectivity index (χ2v) is 11.3. The maximum absolute atomic E-state index is 13.5. The van der Waals surface area contributed by atoms with E-state index in [1.54, 1.807) is 18.2 Å². The Morgan fingerprint density at radius 3 is 2.72 bits per heavy atom. The first kappa shape index (κ1) is 24.5. The number of aromatic nitrogens is 2. The number of allylic oxidation sites excluding steroid dienone is 1. The van der Waals surface area contributed by atoms with Crippen molar-refractivity contribution in [3.8, 4) is 0 Å². The predicted molar refractivity (Wildman–Crippen MR) is 140 cm³/mol. The molecule has 4 bridgehead atoms. The Morgan fingerprint density at radius 2 is 1.92 bits per heavy atom. The number of hydrogen-bond acceptors (Lipinski definition) is 8. The molecule has 0 unspecified atom stereocenters. The maximum Gasteiger partial charge on any atom is 0.259 e. The van der Waals surface area contributed by atoms with Gasteiger partial charge in [-0.2, -0.15) is 4.98 Å². The van der Waals surface area contributed by atoms with Crippen molar-refractivity contribution in [1.82, 2.24) is 9.97 Å². The summed E-state index contributed by atoms with van der Waals surface area (Å²) in [5.41, 5.74) is 2.50. The molecule has 192 valence electrons. The molecule has 0 atom stereocenters. The van der Waals surface area contributed by atoms with E-state index in [1.165, 1.54) is 4.31 Å². The van der Waals surface area contributed by atoms with Gasteiger partial charge in [0, 0.05) is 31.4 Å². The minimum atomic E-state index is -3.57. The summed E-state index contributed by atoms with van der Waals surface area (Å²) >= 11 is 0. The van der Waals surface area contributed by atoms with Crippen LogP contribution < -0.4 is 19.8 Å². The van der Waals surface area contributed by atoms with Crippen molar-refractivity contribution >= 4 is 39.1 Å². The highest BCUT2D eigenvalue weighted by Gasteiger charge is 2.29. The summed E-state index contributed by atoms with van der Waals surface area (Å²) in [5, 5.41) is 6.16. The van der Waals surface area contributed by atoms with Crippen LogP contribution in [0.25, 0.3) is 0 Å². The van der Waals surface area contributed by atoms with Crippen LogP contribution in [0.3, 0.4) is 0 Å². The highest BCUT2D eigenvalue weighted by Crippen LogP contribution is 2.33. The summed E-state index contributed by atoms with van der Waals surface area (Å²) in [5.74, 6) is 0.840. The van der Waals surface area contributed by atoms with Crippen molar-refractivity contribution in [3.05, 3.63) is 47.7 Å². The molecule has 2 N–H and O–H groups in total. The minimum absolute atomic E-state index is 0.248. The molecule has 10 nitrogen and oxygen atoms in total. The Hall–Kier alpha value is -3.18. The fraction of sp³-hybridized carbons (Fsp3) is 0.480. The summed E-state index contributed by atoms with van der Waals surface area (Å²) in [6, 6.07) is 6.96. The molecule has 0 radical (unpaired) electrons. The fourth-order valence-corrected chi connectivity index (χ4v) is 6.15. The third kappa shape index (κ3) is 5.46. The third-order valence-electron chi connectivity index (χ3n) is 6.80. The molecule has 2 fully saturated rings. The number of carbonyl (C=O) groups excluding carboxylic acids is 1. The first-order chi connectivity index (χ1) is 17.4. The summed E-state index contributed by atoms with van der Waals surface area (Å²) in [6.07, 6.45) is 8.36. The van der Waals surface area contributed by atoms with Gasteiger partial charge < -0.3 is 20.3 Å². The third-order valence-corrected chi connectivity index (χ3v) is 8.33. The van der Waals surface area contributed by atoms with E-state index in [2.05, 4.69) is 37.7 Å². The van der Waals surface area contributed by atoms with Gasteiger partial charge in [0.1, 0.15) is 5.82 Å². The summed E-state index contributed by atoms with van der Waals surface area (Å²) in [7, 11) is -3.57. The zero-order valence-electron chi connectivity index (χ0n) is 20.4. The molecule has 0 spiro atoms. The fourth-order valence-electron chi connectivity index (χ4n) is 4.91. The molecule has 5 heterocycles. The zero-order valence-corrected chi connectivity index (χ0v) is 21.3. The molecule has 6 rings (SSSR count). The van der Waals surface area contributed by atoms with Gasteiger partial charge in [0.25, 0.3) is 15.9 Å². The molecule has 1 aromatic heterocycles. The summed E-state index contributed by atoms with van der Waals surface area (Å²) in [4.78, 5) is 24.6. The van der Waals surface area contributed by atoms with E-state index in [-0.39, 0.29) is 18.4 Å². The SMILES string of the molecule is Cc1cc2nc(n1)NCC/C=C/CC1CCN(CC1)c1cc(N3CCOCS3(=O)=O)ccc1C(=O)N2. The van der Waals surface area contributed by atoms with Crippen molar-refractivity contribution in [3.63, 3.8) is 0 Å². The van der Waals surface area contributed by atoms with Gasteiger partial charge in [0.05, 0.1) is 30.1 Å². The van der Waals surface area contributed by atoms with Crippen LogP contribution in [0, 0.1) is 12.8 Å². The zero-order chi connectivity index (χ0) is 25.1. The number of hydrogen-bond donors (Lipinski definition) is 2. The van der Waals surface area contributed by atoms with Gasteiger partial charge >= 0.3 is 0 Å². The van der Waals surface area contributed by atoms with Crippen LogP contribution >= 0.6 is 0 Å². The van der Waals surface area contributed by atoms with E-state index in [9.17, 15) is 13.2 Å². The van der Waals surface area contributed by atoms with Gasteiger partial charge in [0.15, 0.2) is 5.94 Å². The lowest BCUT2D eigenvalue weighted by atomic mass is 9.92. The quantitative estimate of drug-likeness (QED) is 0.560. The Labute approximate surface area is 211 Å². The van der Waals surface area contributed by atoms with E-state index < -0.39 is 10.0 Å². The molecule has 4 aliphatic heterocycles. The Balaban J connectivity index is 1.52. The van der Waals surface area contributed by atoms with E-state index >= 15 is 0 Å². The lowest BCUT2D eigenvalue weighted by Gasteiger charge is -2.35. The lowest BCUT2D eigenvalue weighted by Crippen LogP contribution is -2.41. The van der Waals surface area contributed by atoms with Gasteiger partial charge in [-0.15, -0.1) is 0 Å². The van der Waals surface area contributed by atoms with E-state index in [0.717, 1.165) is 50.2 Å². The minimum Gasteiger partial charge on any atom is -0.371 e. The number of fused-ring (bicyclic) bond motifs is 7. The molecule has 11 heteroatoms. The number of rotatable bonds is 1. The average Bonchev–Trinajstić information content (AvgIpc) is 2.85. The number of piperidine rings is 1. The van der Waals surface area contributed by atoms with Crippen LogP contribution in [0.5, 0.6) is 0 Å². The van der Waals surface area contributed by atoms with Crippen molar-refractivity contribution in [1.29, 1.82) is 0 Å². The number of nitrogens with one attached hydrogen (secondary N) is 2. The van der Waals surface area contributed by atoms with Crippen molar-refractivity contribution < 1.29 is 17.9 Å². The van der Waals surface area contributed by atoms with Crippen molar-refractivity contribution in [2.24, 2.45) is 5.92 Å². The number of carbonyl (C=O) groups is 1. The van der Waals surface area contributed by atoms with Gasteiger partial charge in [-0.1, -0.05) is 12.2 Å². The number of nitrogens with zero attached hydrogens (tertiary/aromatic N) is 4. The normalized spacial score (nSPS) is 21.8. The highest BCUT2D eigenvalue weighted by molar-refractivity contribution is 7.92. The van der Waals surface area contributed by atoms with Crippen LogP contribution in [0.15, 0.2) is 36.4 Å². The van der Waals surface area contributed by atoms with Gasteiger partial charge in [0.2, 0.25) is 5.95 Å². The largest absolute Gasteiger partial charge is 0.371 e. The molecular formula is C25H32N6O4S. The Morgan fingerprint density at radius 1 is 1.08 bits per heavy atom. The number of amides is 1. The van der Waals surface area contributed by atoms with Crippen molar-refractivity contribution in [2.75, 3.05) is 58.6 Å². The topological polar surface area (TPSA) is 117 Å².